The molecule has 0 atom stereocenters. The van der Waals surface area contributed by atoms with Crippen LogP contribution in [-0.2, 0) is 11.3 Å². The van der Waals surface area contributed by atoms with Gasteiger partial charge < -0.3 is 16.0 Å². The molecular weight excluding hydrogens is 330 g/mol. The Morgan fingerprint density at radius 2 is 2.08 bits per heavy atom. The second-order valence-electron chi connectivity index (χ2n) is 6.84. The summed E-state index contributed by atoms with van der Waals surface area (Å²) in [6.07, 6.45) is 7.05. The summed E-state index contributed by atoms with van der Waals surface area (Å²) in [4.78, 5) is 24.8. The van der Waals surface area contributed by atoms with E-state index in [4.69, 9.17) is 0 Å². The predicted molar refractivity (Wildman–Crippen MR) is 102 cm³/mol. The van der Waals surface area contributed by atoms with Gasteiger partial charge in [0.05, 0.1) is 13.1 Å². The number of hydrogen-bond acceptors (Lipinski definition) is 4. The van der Waals surface area contributed by atoms with Crippen molar-refractivity contribution in [1.82, 2.24) is 30.5 Å². The summed E-state index contributed by atoms with van der Waals surface area (Å²) in [6, 6.07) is 3.89. The lowest BCUT2D eigenvalue weighted by molar-refractivity contribution is -0.121. The standard InChI is InChI=1S/C18H27N7O/c1-5-20-17(23-12-16(26)24-18(2,3)4)22-11-14-6-7-15(21-10-14)25-9-8-19-13-25/h6-10,13H,5,11-12H2,1-4H3,(H,24,26)(H2,20,22,23). The maximum absolute atomic E-state index is 11.9. The number of guanidine groups is 1. The van der Waals surface area contributed by atoms with E-state index < -0.39 is 0 Å². The van der Waals surface area contributed by atoms with Gasteiger partial charge in [0.1, 0.15) is 12.1 Å². The molecular formula is C18H27N7O. The average molecular weight is 357 g/mol. The van der Waals surface area contributed by atoms with Crippen LogP contribution < -0.4 is 16.0 Å². The van der Waals surface area contributed by atoms with E-state index in [-0.39, 0.29) is 18.0 Å². The quantitative estimate of drug-likeness (QED) is 0.534. The molecule has 0 aliphatic carbocycles. The van der Waals surface area contributed by atoms with E-state index >= 15 is 0 Å². The van der Waals surface area contributed by atoms with Crippen molar-refractivity contribution >= 4 is 11.9 Å². The van der Waals surface area contributed by atoms with E-state index in [2.05, 4.69) is 30.9 Å². The Morgan fingerprint density at radius 1 is 1.27 bits per heavy atom. The van der Waals surface area contributed by atoms with Gasteiger partial charge in [-0.25, -0.2) is 15.0 Å². The molecule has 0 spiro atoms. The third-order valence-corrected chi connectivity index (χ3v) is 3.27. The van der Waals surface area contributed by atoms with Crippen molar-refractivity contribution in [2.24, 2.45) is 4.99 Å². The molecule has 0 radical (unpaired) electrons. The number of pyridine rings is 1. The fraction of sp³-hybridized carbons (Fsp3) is 0.444. The van der Waals surface area contributed by atoms with Crippen molar-refractivity contribution < 1.29 is 4.79 Å². The Hall–Kier alpha value is -2.90. The number of carbonyl (C=O) groups is 1. The SMILES string of the molecule is CCNC(=NCc1ccc(-n2ccnc2)nc1)NCC(=O)NC(C)(C)C. The van der Waals surface area contributed by atoms with Gasteiger partial charge >= 0.3 is 0 Å². The molecule has 0 aliphatic rings. The molecule has 26 heavy (non-hydrogen) atoms. The molecule has 0 saturated carbocycles. The topological polar surface area (TPSA) is 96.2 Å². The molecule has 2 aromatic rings. The van der Waals surface area contributed by atoms with Crippen molar-refractivity contribution in [2.75, 3.05) is 13.1 Å². The number of nitrogens with zero attached hydrogens (tertiary/aromatic N) is 4. The lowest BCUT2D eigenvalue weighted by atomic mass is 10.1. The Labute approximate surface area is 154 Å². The molecule has 3 N–H and O–H groups in total. The van der Waals surface area contributed by atoms with Gasteiger partial charge in [0.2, 0.25) is 5.91 Å². The third-order valence-electron chi connectivity index (χ3n) is 3.27. The number of nitrogens with one attached hydrogen (secondary N) is 3. The molecule has 8 heteroatoms. The Bertz CT molecular complexity index is 715. The number of carbonyl (C=O) groups excluding carboxylic acids is 1. The van der Waals surface area contributed by atoms with Crippen LogP contribution in [0.4, 0.5) is 0 Å². The number of aromatic nitrogens is 3. The highest BCUT2D eigenvalue weighted by molar-refractivity contribution is 5.86. The number of aliphatic imine (C=N–C) groups is 1. The first-order valence-electron chi connectivity index (χ1n) is 8.64. The maximum atomic E-state index is 11.9. The summed E-state index contributed by atoms with van der Waals surface area (Å²) < 4.78 is 1.84. The predicted octanol–water partition coefficient (Wildman–Crippen LogP) is 1.24. The minimum absolute atomic E-state index is 0.0746. The van der Waals surface area contributed by atoms with Crippen LogP contribution in [0.25, 0.3) is 5.82 Å². The normalized spacial score (nSPS) is 11.9. The number of hydrogen-bond donors (Lipinski definition) is 3. The van der Waals surface area contributed by atoms with E-state index in [9.17, 15) is 4.79 Å². The van der Waals surface area contributed by atoms with Crippen LogP contribution in [0.1, 0.15) is 33.3 Å². The molecule has 0 bridgehead atoms. The molecule has 0 unspecified atom stereocenters. The van der Waals surface area contributed by atoms with Crippen LogP contribution in [0.5, 0.6) is 0 Å². The highest BCUT2D eigenvalue weighted by Gasteiger charge is 2.13. The van der Waals surface area contributed by atoms with Crippen molar-refractivity contribution in [3.05, 3.63) is 42.6 Å². The number of amides is 1. The molecule has 2 heterocycles. The maximum Gasteiger partial charge on any atom is 0.239 e. The first-order valence-corrected chi connectivity index (χ1v) is 8.64. The minimum atomic E-state index is -0.253. The molecule has 0 aliphatic heterocycles. The van der Waals surface area contributed by atoms with Crippen LogP contribution in [0.2, 0.25) is 0 Å². The molecule has 2 rings (SSSR count). The second kappa shape index (κ2) is 8.98. The molecule has 2 aromatic heterocycles. The second-order valence-corrected chi connectivity index (χ2v) is 6.84. The van der Waals surface area contributed by atoms with Gasteiger partial charge in [-0.05, 0) is 39.3 Å². The van der Waals surface area contributed by atoms with E-state index in [1.54, 1.807) is 18.7 Å². The summed E-state index contributed by atoms with van der Waals surface area (Å²) >= 11 is 0. The fourth-order valence-electron chi connectivity index (χ4n) is 2.20. The largest absolute Gasteiger partial charge is 0.357 e. The van der Waals surface area contributed by atoms with Gasteiger partial charge in [-0.15, -0.1) is 0 Å². The van der Waals surface area contributed by atoms with Crippen LogP contribution in [0, 0.1) is 0 Å². The molecule has 0 aromatic carbocycles. The zero-order chi connectivity index (χ0) is 19.0. The van der Waals surface area contributed by atoms with Gasteiger partial charge in [-0.1, -0.05) is 6.07 Å². The molecule has 8 nitrogen and oxygen atoms in total. The minimum Gasteiger partial charge on any atom is -0.357 e. The van der Waals surface area contributed by atoms with Crippen LogP contribution in [0.3, 0.4) is 0 Å². The summed E-state index contributed by atoms with van der Waals surface area (Å²) in [5.41, 5.74) is 0.724. The zero-order valence-corrected chi connectivity index (χ0v) is 15.8. The lowest BCUT2D eigenvalue weighted by Crippen LogP contribution is -2.48. The smallest absolute Gasteiger partial charge is 0.239 e. The van der Waals surface area contributed by atoms with E-state index in [0.717, 1.165) is 11.4 Å². The molecule has 0 fully saturated rings. The Balaban J connectivity index is 1.92. The van der Waals surface area contributed by atoms with Crippen molar-refractivity contribution in [3.63, 3.8) is 0 Å². The van der Waals surface area contributed by atoms with Crippen LogP contribution in [0.15, 0.2) is 42.0 Å². The number of imidazole rings is 1. The van der Waals surface area contributed by atoms with Crippen molar-refractivity contribution in [1.29, 1.82) is 0 Å². The van der Waals surface area contributed by atoms with Gasteiger partial charge in [0.25, 0.3) is 0 Å². The summed E-state index contributed by atoms with van der Waals surface area (Å²) in [5, 5.41) is 9.08. The number of rotatable bonds is 6. The van der Waals surface area contributed by atoms with Gasteiger partial charge in [-0.2, -0.15) is 0 Å². The Morgan fingerprint density at radius 3 is 2.65 bits per heavy atom. The van der Waals surface area contributed by atoms with Crippen molar-refractivity contribution in [2.45, 2.75) is 39.8 Å². The average Bonchev–Trinajstić information content (AvgIpc) is 3.11. The molecule has 1 amide bonds. The van der Waals surface area contributed by atoms with E-state index in [1.807, 2.05) is 50.6 Å². The van der Waals surface area contributed by atoms with Gasteiger partial charge in [-0.3, -0.25) is 9.36 Å². The van der Waals surface area contributed by atoms with Gasteiger partial charge in [0.15, 0.2) is 5.96 Å². The zero-order valence-electron chi connectivity index (χ0n) is 15.8. The highest BCUT2D eigenvalue weighted by Crippen LogP contribution is 2.06. The van der Waals surface area contributed by atoms with Crippen LogP contribution in [-0.4, -0.2) is 45.0 Å². The lowest BCUT2D eigenvalue weighted by Gasteiger charge is -2.21. The van der Waals surface area contributed by atoms with Crippen LogP contribution >= 0.6 is 0 Å². The highest BCUT2D eigenvalue weighted by atomic mass is 16.2. The first-order chi connectivity index (χ1) is 12.4. The summed E-state index contributed by atoms with van der Waals surface area (Å²) in [7, 11) is 0. The monoisotopic (exact) mass is 357 g/mol. The Kier molecular flexibility index (Phi) is 6.71. The van der Waals surface area contributed by atoms with E-state index in [1.165, 1.54) is 0 Å². The van der Waals surface area contributed by atoms with E-state index in [0.29, 0.717) is 19.0 Å². The third kappa shape index (κ3) is 6.54. The summed E-state index contributed by atoms with van der Waals surface area (Å²) in [6.45, 7) is 9.17. The van der Waals surface area contributed by atoms with Gasteiger partial charge in [0, 0.05) is 30.7 Å². The fourth-order valence-corrected chi connectivity index (χ4v) is 2.20. The molecule has 140 valence electrons. The first kappa shape index (κ1) is 19.4. The van der Waals surface area contributed by atoms with Crippen molar-refractivity contribution in [3.8, 4) is 5.82 Å². The summed E-state index contributed by atoms with van der Waals surface area (Å²) in [5.74, 6) is 1.32. The molecule has 0 saturated heterocycles.